The van der Waals surface area contributed by atoms with Gasteiger partial charge in [0, 0.05) is 26.2 Å². The molecule has 2 aromatic carbocycles. The van der Waals surface area contributed by atoms with Crippen LogP contribution in [0.5, 0.6) is 5.75 Å². The average molecular weight is 396 g/mol. The van der Waals surface area contributed by atoms with Gasteiger partial charge in [-0.05, 0) is 30.7 Å². The van der Waals surface area contributed by atoms with Crippen molar-refractivity contribution in [2.45, 2.75) is 19.9 Å². The maximum absolute atomic E-state index is 12.5. The monoisotopic (exact) mass is 395 g/mol. The Balaban J connectivity index is 1.22. The lowest BCUT2D eigenvalue weighted by Gasteiger charge is -2.34. The van der Waals surface area contributed by atoms with Crippen molar-refractivity contribution < 1.29 is 9.53 Å². The number of para-hydroxylation sites is 2. The van der Waals surface area contributed by atoms with Crippen LogP contribution < -0.4 is 4.74 Å². The van der Waals surface area contributed by atoms with Crippen LogP contribution in [0.15, 0.2) is 48.5 Å². The number of nitrogens with zero attached hydrogens (tertiary/aromatic N) is 3. The summed E-state index contributed by atoms with van der Waals surface area (Å²) in [6.07, 6.45) is 0.423. The van der Waals surface area contributed by atoms with Crippen LogP contribution in [-0.4, -0.2) is 53.5 Å². The molecule has 1 aromatic heterocycles. The van der Waals surface area contributed by atoms with Crippen molar-refractivity contribution in [1.82, 2.24) is 14.8 Å². The van der Waals surface area contributed by atoms with E-state index < -0.39 is 0 Å². The number of ether oxygens (including phenoxy) is 1. The summed E-state index contributed by atoms with van der Waals surface area (Å²) in [6, 6.07) is 16.2. The average Bonchev–Trinajstić information content (AvgIpc) is 3.12. The molecule has 0 aliphatic carbocycles. The Morgan fingerprint density at radius 2 is 1.82 bits per heavy atom. The van der Waals surface area contributed by atoms with Crippen LogP contribution in [0.3, 0.4) is 0 Å². The van der Waals surface area contributed by atoms with Gasteiger partial charge in [-0.2, -0.15) is 0 Å². The third-order valence-electron chi connectivity index (χ3n) is 5.09. The number of aryl methyl sites for hydroxylation is 1. The van der Waals surface area contributed by atoms with E-state index in [1.54, 1.807) is 11.3 Å². The predicted octanol–water partition coefficient (Wildman–Crippen LogP) is 3.72. The van der Waals surface area contributed by atoms with Crippen molar-refractivity contribution in [3.05, 3.63) is 59.1 Å². The second-order valence-corrected chi connectivity index (χ2v) is 8.21. The number of rotatable bonds is 6. The Morgan fingerprint density at radius 1 is 1.07 bits per heavy atom. The first-order valence-electron chi connectivity index (χ1n) is 9.72. The Hall–Kier alpha value is -2.44. The highest BCUT2D eigenvalue weighted by molar-refractivity contribution is 7.18. The van der Waals surface area contributed by atoms with Gasteiger partial charge in [-0.3, -0.25) is 9.69 Å². The summed E-state index contributed by atoms with van der Waals surface area (Å²) < 4.78 is 7.00. The van der Waals surface area contributed by atoms with E-state index in [0.717, 1.165) is 54.6 Å². The van der Waals surface area contributed by atoms with E-state index >= 15 is 0 Å². The maximum Gasteiger partial charge on any atom is 0.226 e. The Morgan fingerprint density at radius 3 is 2.61 bits per heavy atom. The third-order valence-corrected chi connectivity index (χ3v) is 6.11. The molecule has 0 saturated carbocycles. The molecule has 0 bridgehead atoms. The minimum Gasteiger partial charge on any atom is -0.493 e. The number of carbonyl (C=O) groups is 1. The fourth-order valence-electron chi connectivity index (χ4n) is 3.46. The second-order valence-electron chi connectivity index (χ2n) is 7.10. The van der Waals surface area contributed by atoms with Gasteiger partial charge in [0.2, 0.25) is 5.91 Å². The molecule has 1 fully saturated rings. The lowest BCUT2D eigenvalue weighted by Crippen LogP contribution is -2.48. The van der Waals surface area contributed by atoms with Crippen LogP contribution in [0, 0.1) is 6.92 Å². The molecule has 28 heavy (non-hydrogen) atoms. The van der Waals surface area contributed by atoms with Gasteiger partial charge in [0.25, 0.3) is 0 Å². The molecule has 0 unspecified atom stereocenters. The van der Waals surface area contributed by atoms with Crippen molar-refractivity contribution in [3.63, 3.8) is 0 Å². The number of hydrogen-bond donors (Lipinski definition) is 0. The summed E-state index contributed by atoms with van der Waals surface area (Å²) in [6.45, 7) is 6.62. The first kappa shape index (κ1) is 18.9. The van der Waals surface area contributed by atoms with E-state index in [4.69, 9.17) is 9.72 Å². The fraction of sp³-hybridized carbons (Fsp3) is 0.364. The number of thiazole rings is 1. The Kier molecular flexibility index (Phi) is 5.88. The van der Waals surface area contributed by atoms with Crippen LogP contribution in [-0.2, 0) is 11.3 Å². The summed E-state index contributed by atoms with van der Waals surface area (Å²) in [4.78, 5) is 21.5. The van der Waals surface area contributed by atoms with E-state index in [2.05, 4.69) is 23.1 Å². The topological polar surface area (TPSA) is 45.7 Å². The highest BCUT2D eigenvalue weighted by Gasteiger charge is 2.21. The number of aromatic nitrogens is 1. The van der Waals surface area contributed by atoms with Gasteiger partial charge < -0.3 is 9.64 Å². The first-order valence-corrected chi connectivity index (χ1v) is 10.5. The molecular formula is C22H25N3O2S. The molecule has 146 valence electrons. The third kappa shape index (κ3) is 4.51. The van der Waals surface area contributed by atoms with Crippen LogP contribution >= 0.6 is 11.3 Å². The zero-order valence-corrected chi connectivity index (χ0v) is 17.0. The van der Waals surface area contributed by atoms with Crippen molar-refractivity contribution in [2.24, 2.45) is 0 Å². The van der Waals surface area contributed by atoms with Crippen molar-refractivity contribution in [1.29, 1.82) is 0 Å². The van der Waals surface area contributed by atoms with Gasteiger partial charge in [-0.15, -0.1) is 11.3 Å². The number of piperazine rings is 1. The van der Waals surface area contributed by atoms with Gasteiger partial charge in [-0.25, -0.2) is 4.98 Å². The molecule has 1 saturated heterocycles. The number of fused-ring (bicyclic) bond motifs is 1. The highest BCUT2D eigenvalue weighted by atomic mass is 32.1. The molecule has 0 radical (unpaired) electrons. The summed E-state index contributed by atoms with van der Waals surface area (Å²) >= 11 is 1.76. The molecule has 4 rings (SSSR count). The summed E-state index contributed by atoms with van der Waals surface area (Å²) in [5.74, 6) is 1.03. The lowest BCUT2D eigenvalue weighted by molar-refractivity contribution is -0.133. The second kappa shape index (κ2) is 8.71. The highest BCUT2D eigenvalue weighted by Crippen LogP contribution is 2.23. The van der Waals surface area contributed by atoms with Crippen LogP contribution in [0.1, 0.15) is 17.0 Å². The standard InChI is InChI=1S/C22H25N3O2S/c1-17-6-2-4-8-19(17)27-15-10-22(26)25-13-11-24(12-14-25)16-21-23-18-7-3-5-9-20(18)28-21/h2-9H,10-16H2,1H3. The van der Waals surface area contributed by atoms with Gasteiger partial charge >= 0.3 is 0 Å². The van der Waals surface area contributed by atoms with Gasteiger partial charge in [-0.1, -0.05) is 30.3 Å². The van der Waals surface area contributed by atoms with Crippen molar-refractivity contribution in [2.75, 3.05) is 32.8 Å². The molecule has 2 heterocycles. The fourth-order valence-corrected chi connectivity index (χ4v) is 4.47. The smallest absolute Gasteiger partial charge is 0.226 e. The molecule has 1 aliphatic rings. The Bertz CT molecular complexity index is 915. The number of hydrogen-bond acceptors (Lipinski definition) is 5. The van der Waals surface area contributed by atoms with Crippen LogP contribution in [0.2, 0.25) is 0 Å². The molecule has 0 atom stereocenters. The van der Waals surface area contributed by atoms with Crippen LogP contribution in [0.4, 0.5) is 0 Å². The molecular weight excluding hydrogens is 370 g/mol. The minimum atomic E-state index is 0.174. The summed E-state index contributed by atoms with van der Waals surface area (Å²) in [5.41, 5.74) is 2.17. The largest absolute Gasteiger partial charge is 0.493 e. The van der Waals surface area contributed by atoms with Crippen molar-refractivity contribution in [3.8, 4) is 5.75 Å². The predicted molar refractivity (Wildman–Crippen MR) is 113 cm³/mol. The lowest BCUT2D eigenvalue weighted by atomic mass is 10.2. The molecule has 1 aliphatic heterocycles. The summed E-state index contributed by atoms with van der Waals surface area (Å²) in [5, 5.41) is 1.15. The first-order chi connectivity index (χ1) is 13.7. The number of benzene rings is 2. The molecule has 3 aromatic rings. The summed E-state index contributed by atoms with van der Waals surface area (Å²) in [7, 11) is 0. The van der Waals surface area contributed by atoms with Gasteiger partial charge in [0.1, 0.15) is 10.8 Å². The number of amides is 1. The molecule has 5 nitrogen and oxygen atoms in total. The molecule has 1 amide bonds. The van der Waals surface area contributed by atoms with E-state index in [1.807, 2.05) is 42.2 Å². The zero-order chi connectivity index (χ0) is 19.3. The van der Waals surface area contributed by atoms with Crippen molar-refractivity contribution >= 4 is 27.5 Å². The van der Waals surface area contributed by atoms with E-state index in [0.29, 0.717) is 13.0 Å². The quantitative estimate of drug-likeness (QED) is 0.638. The van der Waals surface area contributed by atoms with Crippen LogP contribution in [0.25, 0.3) is 10.2 Å². The number of carbonyl (C=O) groups excluding carboxylic acids is 1. The Labute approximate surface area is 169 Å². The normalized spacial score (nSPS) is 15.1. The van der Waals surface area contributed by atoms with E-state index in [1.165, 1.54) is 4.70 Å². The van der Waals surface area contributed by atoms with E-state index in [-0.39, 0.29) is 5.91 Å². The maximum atomic E-state index is 12.5. The molecule has 0 spiro atoms. The van der Waals surface area contributed by atoms with E-state index in [9.17, 15) is 4.79 Å². The SMILES string of the molecule is Cc1ccccc1OCCC(=O)N1CCN(Cc2nc3ccccc3s2)CC1. The minimum absolute atomic E-state index is 0.174. The zero-order valence-electron chi connectivity index (χ0n) is 16.1. The van der Waals surface area contributed by atoms with Gasteiger partial charge in [0.05, 0.1) is 29.8 Å². The van der Waals surface area contributed by atoms with Gasteiger partial charge in [0.15, 0.2) is 0 Å². The molecule has 6 heteroatoms. The molecule has 0 N–H and O–H groups in total.